The Bertz CT molecular complexity index is 691. The average Bonchev–Trinajstić information content (AvgIpc) is 3.01. The molecule has 0 radical (unpaired) electrons. The molecule has 24 heavy (non-hydrogen) atoms. The number of hydrogen-bond donors (Lipinski definition) is 1. The fraction of sp³-hybridized carbons (Fsp3) is 0.412. The summed E-state index contributed by atoms with van der Waals surface area (Å²) in [5, 5.41) is 7.07. The Morgan fingerprint density at radius 1 is 1.29 bits per heavy atom. The zero-order valence-corrected chi connectivity index (χ0v) is 13.7. The maximum Gasteiger partial charge on any atom is 0.246 e. The smallest absolute Gasteiger partial charge is 0.246 e. The van der Waals surface area contributed by atoms with Crippen molar-refractivity contribution in [3.63, 3.8) is 0 Å². The molecule has 1 N–H and O–H groups in total. The number of carbonyl (C=O) groups excluding carboxylic acids is 1. The van der Waals surface area contributed by atoms with E-state index in [9.17, 15) is 4.79 Å². The molecule has 2 aromatic rings. The number of benzene rings is 1. The highest BCUT2D eigenvalue weighted by atomic mass is 16.5. The lowest BCUT2D eigenvalue weighted by molar-refractivity contribution is -0.136. The molecule has 0 spiro atoms. The van der Waals surface area contributed by atoms with E-state index in [1.54, 1.807) is 7.11 Å². The van der Waals surface area contributed by atoms with E-state index in [1.807, 2.05) is 30.3 Å². The van der Waals surface area contributed by atoms with Crippen molar-refractivity contribution in [1.82, 2.24) is 10.5 Å². The first-order valence-corrected chi connectivity index (χ1v) is 7.62. The first-order chi connectivity index (χ1) is 11.6. The van der Waals surface area contributed by atoms with E-state index in [0.29, 0.717) is 25.4 Å². The summed E-state index contributed by atoms with van der Waals surface area (Å²) in [5.74, 6) is 1.29. The minimum atomic E-state index is -0.441. The van der Waals surface area contributed by atoms with Gasteiger partial charge in [-0.1, -0.05) is 5.16 Å². The van der Waals surface area contributed by atoms with Gasteiger partial charge in [-0.25, -0.2) is 0 Å². The standard InChI is InChI=1S/C17H20N2O5/c1-21-9-16(20)18-17(10-23-11-17)8-13-7-15(24-19-13)12-3-5-14(22-2)6-4-12/h3-7H,8-11H2,1-2H3,(H,18,20). The summed E-state index contributed by atoms with van der Waals surface area (Å²) >= 11 is 0. The molecule has 1 amide bonds. The highest BCUT2D eigenvalue weighted by Crippen LogP contribution is 2.27. The molecular weight excluding hydrogens is 312 g/mol. The van der Waals surface area contributed by atoms with Crippen molar-refractivity contribution in [2.75, 3.05) is 34.0 Å². The van der Waals surface area contributed by atoms with E-state index in [2.05, 4.69) is 10.5 Å². The largest absolute Gasteiger partial charge is 0.497 e. The second-order valence-corrected chi connectivity index (χ2v) is 5.84. The van der Waals surface area contributed by atoms with Gasteiger partial charge in [0.05, 0.1) is 31.6 Å². The quantitative estimate of drug-likeness (QED) is 0.826. The first kappa shape index (κ1) is 16.5. The molecule has 1 aromatic heterocycles. The van der Waals surface area contributed by atoms with E-state index in [0.717, 1.165) is 17.0 Å². The number of carbonyl (C=O) groups is 1. The van der Waals surface area contributed by atoms with Crippen LogP contribution in [0.15, 0.2) is 34.9 Å². The number of amides is 1. The van der Waals surface area contributed by atoms with Crippen molar-refractivity contribution in [3.05, 3.63) is 36.0 Å². The fourth-order valence-electron chi connectivity index (χ4n) is 2.66. The van der Waals surface area contributed by atoms with Crippen molar-refractivity contribution in [3.8, 4) is 17.1 Å². The predicted molar refractivity (Wildman–Crippen MR) is 85.8 cm³/mol. The summed E-state index contributed by atoms with van der Waals surface area (Å²) < 4.78 is 20.7. The molecule has 0 aliphatic carbocycles. The summed E-state index contributed by atoms with van der Waals surface area (Å²) in [4.78, 5) is 11.8. The van der Waals surface area contributed by atoms with Crippen molar-refractivity contribution >= 4 is 5.91 Å². The second kappa shape index (κ2) is 7.02. The molecule has 1 aliphatic heterocycles. The summed E-state index contributed by atoms with van der Waals surface area (Å²) in [6.45, 7) is 0.929. The van der Waals surface area contributed by atoms with Crippen molar-refractivity contribution in [2.45, 2.75) is 12.0 Å². The maximum absolute atomic E-state index is 11.8. The molecule has 1 fully saturated rings. The third kappa shape index (κ3) is 3.58. The van der Waals surface area contributed by atoms with Crippen LogP contribution in [-0.4, -0.2) is 50.6 Å². The molecular formula is C17H20N2O5. The lowest BCUT2D eigenvalue weighted by Gasteiger charge is -2.41. The van der Waals surface area contributed by atoms with Crippen LogP contribution in [0.4, 0.5) is 0 Å². The van der Waals surface area contributed by atoms with Gasteiger partial charge >= 0.3 is 0 Å². The molecule has 128 valence electrons. The van der Waals surface area contributed by atoms with Gasteiger partial charge in [0.15, 0.2) is 5.76 Å². The van der Waals surface area contributed by atoms with Crippen LogP contribution >= 0.6 is 0 Å². The number of methoxy groups -OCH3 is 2. The normalized spacial score (nSPS) is 15.6. The highest BCUT2D eigenvalue weighted by molar-refractivity contribution is 5.78. The molecule has 2 heterocycles. The van der Waals surface area contributed by atoms with Crippen molar-refractivity contribution < 1.29 is 23.5 Å². The summed E-state index contributed by atoms with van der Waals surface area (Å²) in [5.41, 5.74) is 1.24. The van der Waals surface area contributed by atoms with Gasteiger partial charge in [-0.15, -0.1) is 0 Å². The van der Waals surface area contributed by atoms with Gasteiger partial charge in [-0.05, 0) is 24.3 Å². The topological polar surface area (TPSA) is 82.8 Å². The highest BCUT2D eigenvalue weighted by Gasteiger charge is 2.41. The molecule has 7 heteroatoms. The zero-order chi connectivity index (χ0) is 17.0. The molecule has 0 atom stereocenters. The number of nitrogens with zero attached hydrogens (tertiary/aromatic N) is 1. The van der Waals surface area contributed by atoms with E-state index >= 15 is 0 Å². The van der Waals surface area contributed by atoms with Crippen LogP contribution in [0.2, 0.25) is 0 Å². The molecule has 1 aliphatic rings. The van der Waals surface area contributed by atoms with Crippen molar-refractivity contribution in [1.29, 1.82) is 0 Å². The molecule has 1 saturated heterocycles. The lowest BCUT2D eigenvalue weighted by Crippen LogP contribution is -2.64. The Morgan fingerprint density at radius 3 is 2.62 bits per heavy atom. The van der Waals surface area contributed by atoms with Crippen LogP contribution in [0.3, 0.4) is 0 Å². The summed E-state index contributed by atoms with van der Waals surface area (Å²) in [6.07, 6.45) is 0.544. The van der Waals surface area contributed by atoms with Crippen molar-refractivity contribution in [2.24, 2.45) is 0 Å². The summed E-state index contributed by atoms with van der Waals surface area (Å²) in [7, 11) is 3.11. The Hall–Kier alpha value is -2.38. The maximum atomic E-state index is 11.8. The van der Waals surface area contributed by atoms with Gasteiger partial charge in [0.25, 0.3) is 0 Å². The van der Waals surface area contributed by atoms with Crippen LogP contribution in [0.1, 0.15) is 5.69 Å². The minimum absolute atomic E-state index is 0.0255. The molecule has 3 rings (SSSR count). The van der Waals surface area contributed by atoms with Gasteiger partial charge in [0.2, 0.25) is 5.91 Å². The number of ether oxygens (including phenoxy) is 3. The number of nitrogens with one attached hydrogen (secondary N) is 1. The monoisotopic (exact) mass is 332 g/mol. The van der Waals surface area contributed by atoms with E-state index in [1.165, 1.54) is 7.11 Å². The third-order valence-corrected chi connectivity index (χ3v) is 3.89. The van der Waals surface area contributed by atoms with Crippen LogP contribution in [0, 0.1) is 0 Å². The fourth-order valence-corrected chi connectivity index (χ4v) is 2.66. The SMILES string of the molecule is COCC(=O)NC1(Cc2cc(-c3ccc(OC)cc3)on2)COC1. The predicted octanol–water partition coefficient (Wildman–Crippen LogP) is 1.42. The summed E-state index contributed by atoms with van der Waals surface area (Å²) in [6, 6.07) is 9.43. The van der Waals surface area contributed by atoms with Gasteiger partial charge < -0.3 is 24.1 Å². The Balaban J connectivity index is 1.69. The van der Waals surface area contributed by atoms with E-state index < -0.39 is 5.54 Å². The Morgan fingerprint density at radius 2 is 2.04 bits per heavy atom. The average molecular weight is 332 g/mol. The molecule has 7 nitrogen and oxygen atoms in total. The molecule has 0 unspecified atom stereocenters. The Labute approximate surface area is 139 Å². The van der Waals surface area contributed by atoms with Gasteiger partial charge in [-0.3, -0.25) is 4.79 Å². The second-order valence-electron chi connectivity index (χ2n) is 5.84. The first-order valence-electron chi connectivity index (χ1n) is 7.62. The molecule has 0 bridgehead atoms. The molecule has 1 aromatic carbocycles. The zero-order valence-electron chi connectivity index (χ0n) is 13.7. The van der Waals surface area contributed by atoms with E-state index in [-0.39, 0.29) is 12.5 Å². The Kier molecular flexibility index (Phi) is 4.82. The molecule has 0 saturated carbocycles. The van der Waals surface area contributed by atoms with Gasteiger partial charge in [0, 0.05) is 25.2 Å². The number of hydrogen-bond acceptors (Lipinski definition) is 6. The minimum Gasteiger partial charge on any atom is -0.497 e. The third-order valence-electron chi connectivity index (χ3n) is 3.89. The lowest BCUT2D eigenvalue weighted by atomic mass is 9.91. The van der Waals surface area contributed by atoms with Crippen LogP contribution in [0.5, 0.6) is 5.75 Å². The van der Waals surface area contributed by atoms with Crippen LogP contribution < -0.4 is 10.1 Å². The number of rotatable bonds is 7. The van der Waals surface area contributed by atoms with Gasteiger partial charge in [0.1, 0.15) is 12.4 Å². The van der Waals surface area contributed by atoms with Crippen LogP contribution in [-0.2, 0) is 20.7 Å². The van der Waals surface area contributed by atoms with Crippen LogP contribution in [0.25, 0.3) is 11.3 Å². The number of aromatic nitrogens is 1. The van der Waals surface area contributed by atoms with Gasteiger partial charge in [-0.2, -0.15) is 0 Å². The van der Waals surface area contributed by atoms with E-state index in [4.69, 9.17) is 18.7 Å².